The number of rotatable bonds is 4. The summed E-state index contributed by atoms with van der Waals surface area (Å²) in [6.07, 6.45) is 4.17. The highest BCUT2D eigenvalue weighted by Gasteiger charge is 2.34. The molecule has 0 fully saturated rings. The second-order valence-electron chi connectivity index (χ2n) is 6.59. The highest BCUT2D eigenvalue weighted by molar-refractivity contribution is 5.58. The zero-order valence-corrected chi connectivity index (χ0v) is 14.5. The summed E-state index contributed by atoms with van der Waals surface area (Å²) >= 11 is 0. The lowest BCUT2D eigenvalue weighted by atomic mass is 9.85. The Bertz CT molecular complexity index is 678. The first kappa shape index (κ1) is 17.3. The second kappa shape index (κ2) is 6.22. The molecule has 0 spiro atoms. The van der Waals surface area contributed by atoms with Crippen LogP contribution in [0.15, 0.2) is 11.8 Å². The standard InChI is InChI=1S/C18H25NO4/c1-6-14(19(21)22)7-9-18(5)10-8-15-13(4)16(20)11(2)12(3)17(15)23-18/h7,20H,6,8-10H2,1-5H3. The summed E-state index contributed by atoms with van der Waals surface area (Å²) in [6.45, 7) is 9.53. The van der Waals surface area contributed by atoms with E-state index in [1.165, 1.54) is 0 Å². The topological polar surface area (TPSA) is 72.6 Å². The maximum Gasteiger partial charge on any atom is 0.242 e. The number of aromatic hydroxyl groups is 1. The third-order valence-corrected chi connectivity index (χ3v) is 4.96. The van der Waals surface area contributed by atoms with Crippen LogP contribution >= 0.6 is 0 Å². The number of hydrogen-bond acceptors (Lipinski definition) is 4. The van der Waals surface area contributed by atoms with Gasteiger partial charge in [0.05, 0.1) is 4.92 Å². The zero-order valence-electron chi connectivity index (χ0n) is 14.5. The lowest BCUT2D eigenvalue weighted by Crippen LogP contribution is -2.36. The fourth-order valence-corrected chi connectivity index (χ4v) is 3.12. The molecule has 1 aliphatic heterocycles. The molecule has 1 aliphatic rings. The van der Waals surface area contributed by atoms with E-state index in [4.69, 9.17) is 4.74 Å². The van der Waals surface area contributed by atoms with Gasteiger partial charge in [-0.1, -0.05) is 6.92 Å². The molecule has 1 N–H and O–H groups in total. The van der Waals surface area contributed by atoms with Crippen LogP contribution in [0.3, 0.4) is 0 Å². The number of phenols is 1. The van der Waals surface area contributed by atoms with Crippen molar-refractivity contribution in [2.75, 3.05) is 0 Å². The van der Waals surface area contributed by atoms with Crippen LogP contribution in [0.2, 0.25) is 0 Å². The van der Waals surface area contributed by atoms with Crippen LogP contribution in [-0.2, 0) is 6.42 Å². The van der Waals surface area contributed by atoms with Crippen molar-refractivity contribution < 1.29 is 14.8 Å². The van der Waals surface area contributed by atoms with E-state index in [0.717, 1.165) is 40.8 Å². The van der Waals surface area contributed by atoms with Crippen LogP contribution in [0.4, 0.5) is 0 Å². The molecule has 0 saturated carbocycles. The number of fused-ring (bicyclic) bond motifs is 1. The van der Waals surface area contributed by atoms with Crippen molar-refractivity contribution in [1.82, 2.24) is 0 Å². The van der Waals surface area contributed by atoms with Gasteiger partial charge in [-0.15, -0.1) is 0 Å². The molecule has 1 atom stereocenters. The molecule has 1 aromatic carbocycles. The second-order valence-corrected chi connectivity index (χ2v) is 6.59. The van der Waals surface area contributed by atoms with Crippen LogP contribution < -0.4 is 4.74 Å². The van der Waals surface area contributed by atoms with Gasteiger partial charge in [0.1, 0.15) is 17.1 Å². The minimum absolute atomic E-state index is 0.232. The summed E-state index contributed by atoms with van der Waals surface area (Å²) in [5, 5.41) is 21.2. The third-order valence-electron chi connectivity index (χ3n) is 4.96. The summed E-state index contributed by atoms with van der Waals surface area (Å²) < 4.78 is 6.26. The molecule has 5 nitrogen and oxygen atoms in total. The molecule has 5 heteroatoms. The zero-order chi connectivity index (χ0) is 17.4. The molecule has 0 aliphatic carbocycles. The van der Waals surface area contributed by atoms with E-state index in [2.05, 4.69) is 0 Å². The first-order valence-corrected chi connectivity index (χ1v) is 8.04. The fourth-order valence-electron chi connectivity index (χ4n) is 3.12. The Kier molecular flexibility index (Phi) is 4.68. The summed E-state index contributed by atoms with van der Waals surface area (Å²) in [4.78, 5) is 10.6. The molecule has 0 saturated heterocycles. The summed E-state index contributed by atoms with van der Waals surface area (Å²) in [5.41, 5.74) is 3.49. The van der Waals surface area contributed by atoms with Crippen molar-refractivity contribution in [2.45, 2.75) is 65.9 Å². The van der Waals surface area contributed by atoms with E-state index in [-0.39, 0.29) is 10.6 Å². The van der Waals surface area contributed by atoms with E-state index in [1.54, 1.807) is 13.0 Å². The Morgan fingerprint density at radius 1 is 1.35 bits per heavy atom. The average Bonchev–Trinajstić information content (AvgIpc) is 2.51. The number of phenolic OH excluding ortho intramolecular Hbond substituents is 1. The Labute approximate surface area is 137 Å². The largest absolute Gasteiger partial charge is 0.507 e. The maximum absolute atomic E-state index is 11.0. The molecule has 2 rings (SSSR count). The fraction of sp³-hybridized carbons (Fsp3) is 0.556. The van der Waals surface area contributed by atoms with Crippen LogP contribution in [0.1, 0.15) is 55.4 Å². The predicted octanol–water partition coefficient (Wildman–Crippen LogP) is 4.36. The van der Waals surface area contributed by atoms with Crippen LogP contribution in [0.25, 0.3) is 0 Å². The molecule has 0 radical (unpaired) electrons. The SMILES string of the molecule is CCC(=CCC1(C)CCc2c(C)c(O)c(C)c(C)c2O1)[N+](=O)[O-]. The molecule has 1 heterocycles. The number of benzene rings is 1. The molecule has 23 heavy (non-hydrogen) atoms. The average molecular weight is 319 g/mol. The van der Waals surface area contributed by atoms with Gasteiger partial charge < -0.3 is 9.84 Å². The van der Waals surface area contributed by atoms with Crippen molar-refractivity contribution in [3.05, 3.63) is 44.1 Å². The van der Waals surface area contributed by atoms with Crippen molar-refractivity contribution in [2.24, 2.45) is 0 Å². The molecule has 0 amide bonds. The highest BCUT2D eigenvalue weighted by Crippen LogP contribution is 2.44. The van der Waals surface area contributed by atoms with E-state index < -0.39 is 5.60 Å². The van der Waals surface area contributed by atoms with Gasteiger partial charge in [-0.3, -0.25) is 10.1 Å². The van der Waals surface area contributed by atoms with Gasteiger partial charge in [0, 0.05) is 18.4 Å². The van der Waals surface area contributed by atoms with Crippen molar-refractivity contribution >= 4 is 0 Å². The molecular weight excluding hydrogens is 294 g/mol. The highest BCUT2D eigenvalue weighted by atomic mass is 16.6. The maximum atomic E-state index is 11.0. The summed E-state index contributed by atoms with van der Waals surface area (Å²) in [6, 6.07) is 0. The molecule has 0 bridgehead atoms. The first-order valence-electron chi connectivity index (χ1n) is 8.04. The lowest BCUT2D eigenvalue weighted by Gasteiger charge is -2.37. The quantitative estimate of drug-likeness (QED) is 0.661. The van der Waals surface area contributed by atoms with Crippen molar-refractivity contribution in [3.8, 4) is 11.5 Å². The molecule has 1 unspecified atom stereocenters. The number of hydrogen-bond donors (Lipinski definition) is 1. The number of ether oxygens (including phenoxy) is 1. The molecular formula is C18H25NO4. The van der Waals surface area contributed by atoms with Gasteiger partial charge in [-0.2, -0.15) is 0 Å². The summed E-state index contributed by atoms with van der Waals surface area (Å²) in [7, 11) is 0. The minimum atomic E-state index is -0.454. The van der Waals surface area contributed by atoms with Crippen molar-refractivity contribution in [3.63, 3.8) is 0 Å². The normalized spacial score (nSPS) is 20.8. The van der Waals surface area contributed by atoms with Crippen LogP contribution in [0.5, 0.6) is 11.5 Å². The van der Waals surface area contributed by atoms with E-state index >= 15 is 0 Å². The minimum Gasteiger partial charge on any atom is -0.507 e. The first-order chi connectivity index (χ1) is 10.7. The van der Waals surface area contributed by atoms with Gasteiger partial charge in [0.2, 0.25) is 5.70 Å². The van der Waals surface area contributed by atoms with Gasteiger partial charge in [0.25, 0.3) is 0 Å². The predicted molar refractivity (Wildman–Crippen MR) is 89.7 cm³/mol. The molecule has 126 valence electrons. The van der Waals surface area contributed by atoms with Gasteiger partial charge in [-0.05, 0) is 63.3 Å². The Hall–Kier alpha value is -2.04. The molecule has 0 aromatic heterocycles. The smallest absolute Gasteiger partial charge is 0.242 e. The van der Waals surface area contributed by atoms with Crippen LogP contribution in [-0.4, -0.2) is 15.6 Å². The lowest BCUT2D eigenvalue weighted by molar-refractivity contribution is -0.427. The van der Waals surface area contributed by atoms with E-state index in [1.807, 2.05) is 27.7 Å². The Morgan fingerprint density at radius 3 is 2.57 bits per heavy atom. The van der Waals surface area contributed by atoms with Gasteiger partial charge in [-0.25, -0.2) is 0 Å². The van der Waals surface area contributed by atoms with Crippen molar-refractivity contribution in [1.29, 1.82) is 0 Å². The number of nitro groups is 1. The van der Waals surface area contributed by atoms with E-state index in [0.29, 0.717) is 18.6 Å². The van der Waals surface area contributed by atoms with E-state index in [9.17, 15) is 15.2 Å². The third kappa shape index (κ3) is 3.19. The summed E-state index contributed by atoms with van der Waals surface area (Å²) in [5.74, 6) is 1.18. The Morgan fingerprint density at radius 2 is 2.00 bits per heavy atom. The number of nitrogens with zero attached hydrogens (tertiary/aromatic N) is 1. The van der Waals surface area contributed by atoms with Crippen LogP contribution in [0, 0.1) is 30.9 Å². The number of allylic oxidation sites excluding steroid dienone is 1. The monoisotopic (exact) mass is 319 g/mol. The van der Waals surface area contributed by atoms with Gasteiger partial charge in [0.15, 0.2) is 0 Å². The Balaban J connectivity index is 2.34. The van der Waals surface area contributed by atoms with Gasteiger partial charge >= 0.3 is 0 Å². The molecule has 1 aromatic rings.